The molecule has 2 aromatic carbocycles. The molecule has 0 bridgehead atoms. The Morgan fingerprint density at radius 2 is 1.88 bits per heavy atom. The van der Waals surface area contributed by atoms with Crippen molar-refractivity contribution in [3.05, 3.63) is 64.8 Å². The molecular weight excluding hydrogens is 534 g/mol. The van der Waals surface area contributed by atoms with Crippen molar-refractivity contribution in [2.24, 2.45) is 0 Å². The highest BCUT2D eigenvalue weighted by Gasteiger charge is 2.10. The first-order valence-corrected chi connectivity index (χ1v) is 9.10. The number of hydrogen-bond donors (Lipinski definition) is 0. The maximum Gasteiger partial charge on any atom is 0.269 e. The van der Waals surface area contributed by atoms with Crippen LogP contribution in [0.5, 0.6) is 5.75 Å². The van der Waals surface area contributed by atoms with Crippen molar-refractivity contribution in [2.75, 3.05) is 6.61 Å². The van der Waals surface area contributed by atoms with E-state index in [4.69, 9.17) is 4.74 Å². The van der Waals surface area contributed by atoms with Crippen molar-refractivity contribution in [3.8, 4) is 11.8 Å². The van der Waals surface area contributed by atoms with Crippen molar-refractivity contribution in [1.82, 2.24) is 0 Å². The van der Waals surface area contributed by atoms with Gasteiger partial charge in [-0.25, -0.2) is 0 Å². The number of non-ortho nitro benzene ring substituents is 1. The van der Waals surface area contributed by atoms with Crippen LogP contribution in [0.1, 0.15) is 18.1 Å². The highest BCUT2D eigenvalue weighted by atomic mass is 127. The third-order valence-corrected chi connectivity index (χ3v) is 4.73. The van der Waals surface area contributed by atoms with Gasteiger partial charge in [0, 0.05) is 12.1 Å². The molecule has 0 fully saturated rings. The highest BCUT2D eigenvalue weighted by Crippen LogP contribution is 2.30. The molecular formula is C17H12I2N2O3. The van der Waals surface area contributed by atoms with E-state index in [-0.39, 0.29) is 5.69 Å². The Morgan fingerprint density at radius 1 is 1.29 bits per heavy atom. The van der Waals surface area contributed by atoms with E-state index in [0.717, 1.165) is 18.5 Å². The normalized spacial score (nSPS) is 11.0. The second kappa shape index (κ2) is 8.43. The number of benzene rings is 2. The molecule has 2 aromatic rings. The Hall–Kier alpha value is -1.67. The molecule has 0 aromatic heterocycles. The Balaban J connectivity index is 2.40. The van der Waals surface area contributed by atoms with E-state index in [0.29, 0.717) is 17.7 Å². The molecule has 0 amide bonds. The molecule has 0 saturated carbocycles. The standard InChI is InChI=1S/C17H12I2N2O3/c1-2-24-17-15(18)8-11(9-16(17)19)7-13(10-20)12-3-5-14(6-4-12)21(22)23/h3-9H,2H2,1H3/b13-7-. The minimum absolute atomic E-state index is 0.00111. The van der Waals surface area contributed by atoms with E-state index >= 15 is 0 Å². The molecule has 122 valence electrons. The number of nitriles is 1. The fourth-order valence-electron chi connectivity index (χ4n) is 2.05. The number of nitrogens with zero attached hydrogens (tertiary/aromatic N) is 2. The highest BCUT2D eigenvalue weighted by molar-refractivity contribution is 14.1. The van der Waals surface area contributed by atoms with Gasteiger partial charge in [0.1, 0.15) is 5.75 Å². The van der Waals surface area contributed by atoms with Crippen LogP contribution in [-0.4, -0.2) is 11.5 Å². The first-order valence-electron chi connectivity index (χ1n) is 6.94. The summed E-state index contributed by atoms with van der Waals surface area (Å²) in [6.45, 7) is 2.52. The molecule has 0 radical (unpaired) electrons. The lowest BCUT2D eigenvalue weighted by atomic mass is 10.0. The zero-order chi connectivity index (χ0) is 17.7. The predicted octanol–water partition coefficient (Wildman–Crippen LogP) is 5.27. The average molecular weight is 546 g/mol. The van der Waals surface area contributed by atoms with Crippen LogP contribution in [0.2, 0.25) is 0 Å². The fourth-order valence-corrected chi connectivity index (χ4v) is 4.18. The third-order valence-electron chi connectivity index (χ3n) is 3.13. The largest absolute Gasteiger partial charge is 0.492 e. The lowest BCUT2D eigenvalue weighted by Gasteiger charge is -2.09. The number of allylic oxidation sites excluding steroid dienone is 1. The topological polar surface area (TPSA) is 76.2 Å². The summed E-state index contributed by atoms with van der Waals surface area (Å²) in [6, 6.07) is 12.0. The Bertz CT molecular complexity index is 817. The van der Waals surface area contributed by atoms with Crippen molar-refractivity contribution >= 4 is 62.5 Å². The molecule has 0 N–H and O–H groups in total. The van der Waals surface area contributed by atoms with Gasteiger partial charge in [-0.3, -0.25) is 10.1 Å². The van der Waals surface area contributed by atoms with Crippen LogP contribution in [-0.2, 0) is 0 Å². The molecule has 0 saturated heterocycles. The van der Waals surface area contributed by atoms with Crippen LogP contribution in [0.3, 0.4) is 0 Å². The van der Waals surface area contributed by atoms with Crippen molar-refractivity contribution < 1.29 is 9.66 Å². The quantitative estimate of drug-likeness (QED) is 0.169. The minimum atomic E-state index is -0.462. The monoisotopic (exact) mass is 546 g/mol. The van der Waals surface area contributed by atoms with Crippen LogP contribution in [0.4, 0.5) is 5.69 Å². The molecule has 0 atom stereocenters. The molecule has 0 heterocycles. The lowest BCUT2D eigenvalue weighted by molar-refractivity contribution is -0.384. The number of nitro benzene ring substituents is 1. The SMILES string of the molecule is CCOc1c(I)cc(/C=C(/C#N)c2ccc([N+](=O)[O-])cc2)cc1I. The van der Waals surface area contributed by atoms with Gasteiger partial charge in [0.2, 0.25) is 0 Å². The van der Waals surface area contributed by atoms with Crippen LogP contribution in [0.25, 0.3) is 11.6 Å². The second-order valence-electron chi connectivity index (χ2n) is 4.72. The number of nitro groups is 1. The summed E-state index contributed by atoms with van der Waals surface area (Å²) in [5, 5.41) is 20.1. The van der Waals surface area contributed by atoms with Crippen molar-refractivity contribution in [1.29, 1.82) is 5.26 Å². The Morgan fingerprint density at radius 3 is 2.33 bits per heavy atom. The van der Waals surface area contributed by atoms with Gasteiger partial charge in [0.05, 0.1) is 30.3 Å². The van der Waals surface area contributed by atoms with E-state index in [2.05, 4.69) is 51.3 Å². The summed E-state index contributed by atoms with van der Waals surface area (Å²) >= 11 is 4.41. The minimum Gasteiger partial charge on any atom is -0.492 e. The van der Waals surface area contributed by atoms with Crippen LogP contribution in [0, 0.1) is 28.6 Å². The van der Waals surface area contributed by atoms with Crippen LogP contribution < -0.4 is 4.74 Å². The molecule has 0 aliphatic heterocycles. The van der Waals surface area contributed by atoms with Gasteiger partial charge in [0.15, 0.2) is 0 Å². The van der Waals surface area contributed by atoms with E-state index in [1.807, 2.05) is 19.1 Å². The summed E-state index contributed by atoms with van der Waals surface area (Å²) in [5.74, 6) is 0.838. The first-order chi connectivity index (χ1) is 11.5. The smallest absolute Gasteiger partial charge is 0.269 e. The summed E-state index contributed by atoms with van der Waals surface area (Å²) in [7, 11) is 0. The molecule has 0 aliphatic rings. The lowest BCUT2D eigenvalue weighted by Crippen LogP contribution is -1.97. The molecule has 24 heavy (non-hydrogen) atoms. The van der Waals surface area contributed by atoms with Crippen LogP contribution >= 0.6 is 45.2 Å². The Labute approximate surface area is 166 Å². The van der Waals surface area contributed by atoms with Crippen molar-refractivity contribution in [2.45, 2.75) is 6.92 Å². The number of halogens is 2. The second-order valence-corrected chi connectivity index (χ2v) is 7.04. The maximum atomic E-state index is 10.7. The summed E-state index contributed by atoms with van der Waals surface area (Å²) in [4.78, 5) is 10.3. The maximum absolute atomic E-state index is 10.7. The average Bonchev–Trinajstić information content (AvgIpc) is 2.56. The van der Waals surface area contributed by atoms with E-state index in [1.165, 1.54) is 12.1 Å². The summed E-state index contributed by atoms with van der Waals surface area (Å²) in [6.07, 6.45) is 1.77. The molecule has 0 aliphatic carbocycles. The van der Waals surface area contributed by atoms with Gasteiger partial charge < -0.3 is 4.74 Å². The van der Waals surface area contributed by atoms with E-state index in [9.17, 15) is 15.4 Å². The van der Waals surface area contributed by atoms with Gasteiger partial charge in [-0.2, -0.15) is 5.26 Å². The Kier molecular flexibility index (Phi) is 6.56. The van der Waals surface area contributed by atoms with E-state index < -0.39 is 4.92 Å². The molecule has 5 nitrogen and oxygen atoms in total. The third kappa shape index (κ3) is 4.45. The van der Waals surface area contributed by atoms with Gasteiger partial charge >= 0.3 is 0 Å². The molecule has 0 unspecified atom stereocenters. The summed E-state index contributed by atoms with van der Waals surface area (Å²) < 4.78 is 7.54. The van der Waals surface area contributed by atoms with Gasteiger partial charge in [-0.15, -0.1) is 0 Å². The molecule has 0 spiro atoms. The van der Waals surface area contributed by atoms with Crippen LogP contribution in [0.15, 0.2) is 36.4 Å². The van der Waals surface area contributed by atoms with Gasteiger partial charge in [0.25, 0.3) is 5.69 Å². The van der Waals surface area contributed by atoms with E-state index in [1.54, 1.807) is 18.2 Å². The molecule has 2 rings (SSSR count). The zero-order valence-corrected chi connectivity index (χ0v) is 16.9. The fraction of sp³-hybridized carbons (Fsp3) is 0.118. The predicted molar refractivity (Wildman–Crippen MR) is 110 cm³/mol. The van der Waals surface area contributed by atoms with Gasteiger partial charge in [-0.05, 0) is 93.6 Å². The first kappa shape index (κ1) is 18.7. The molecule has 7 heteroatoms. The number of hydrogen-bond acceptors (Lipinski definition) is 4. The number of rotatable bonds is 5. The zero-order valence-electron chi connectivity index (χ0n) is 12.6. The number of ether oxygens (including phenoxy) is 1. The van der Waals surface area contributed by atoms with Gasteiger partial charge in [-0.1, -0.05) is 0 Å². The van der Waals surface area contributed by atoms with Crippen molar-refractivity contribution in [3.63, 3.8) is 0 Å². The summed E-state index contributed by atoms with van der Waals surface area (Å²) in [5.41, 5.74) is 1.96.